The Kier molecular flexibility index (Phi) is 5.76. The summed E-state index contributed by atoms with van der Waals surface area (Å²) in [7, 11) is 1.57. The zero-order valence-electron chi connectivity index (χ0n) is 13.3. The quantitative estimate of drug-likeness (QED) is 0.823. The van der Waals surface area contributed by atoms with Crippen LogP contribution < -0.4 is 10.1 Å². The van der Waals surface area contributed by atoms with Gasteiger partial charge >= 0.3 is 5.97 Å². The Morgan fingerprint density at radius 3 is 2.70 bits per heavy atom. The first kappa shape index (κ1) is 17.0. The van der Waals surface area contributed by atoms with Gasteiger partial charge in [0.05, 0.1) is 25.1 Å². The maximum Gasteiger partial charge on any atom is 0.348 e. The average Bonchev–Trinajstić information content (AvgIpc) is 2.88. The van der Waals surface area contributed by atoms with Crippen LogP contribution in [0.4, 0.5) is 5.00 Å². The van der Waals surface area contributed by atoms with Crippen molar-refractivity contribution in [2.75, 3.05) is 19.0 Å². The minimum absolute atomic E-state index is 0.161. The van der Waals surface area contributed by atoms with E-state index in [1.807, 2.05) is 31.2 Å². The van der Waals surface area contributed by atoms with Crippen molar-refractivity contribution >= 4 is 28.2 Å². The van der Waals surface area contributed by atoms with Crippen LogP contribution in [0.3, 0.4) is 0 Å². The largest absolute Gasteiger partial charge is 0.496 e. The fourth-order valence-corrected chi connectivity index (χ4v) is 3.13. The number of benzene rings is 1. The molecule has 1 N–H and O–H groups in total. The topological polar surface area (TPSA) is 64.6 Å². The van der Waals surface area contributed by atoms with E-state index in [-0.39, 0.29) is 18.3 Å². The first-order chi connectivity index (χ1) is 11.0. The summed E-state index contributed by atoms with van der Waals surface area (Å²) >= 11 is 1.22. The summed E-state index contributed by atoms with van der Waals surface area (Å²) in [5.74, 6) is 0.156. The molecule has 0 saturated heterocycles. The van der Waals surface area contributed by atoms with Gasteiger partial charge in [-0.15, -0.1) is 11.3 Å². The molecule has 0 atom stereocenters. The molecule has 1 aromatic carbocycles. The zero-order chi connectivity index (χ0) is 16.8. The second-order valence-electron chi connectivity index (χ2n) is 4.88. The molecular weight excluding hydrogens is 314 g/mol. The summed E-state index contributed by atoms with van der Waals surface area (Å²) in [4.78, 5) is 24.5. The Morgan fingerprint density at radius 1 is 1.26 bits per heavy atom. The molecule has 0 aliphatic heterocycles. The Bertz CT molecular complexity index is 708. The molecule has 122 valence electrons. The molecule has 0 aliphatic carbocycles. The van der Waals surface area contributed by atoms with E-state index in [4.69, 9.17) is 9.47 Å². The molecule has 1 heterocycles. The predicted octanol–water partition coefficient (Wildman–Crippen LogP) is 3.42. The van der Waals surface area contributed by atoms with Gasteiger partial charge in [0.25, 0.3) is 0 Å². The fourth-order valence-electron chi connectivity index (χ4n) is 2.15. The lowest BCUT2D eigenvalue weighted by Gasteiger charge is -2.07. The van der Waals surface area contributed by atoms with Gasteiger partial charge < -0.3 is 14.8 Å². The number of anilines is 1. The van der Waals surface area contributed by atoms with E-state index < -0.39 is 0 Å². The van der Waals surface area contributed by atoms with E-state index in [1.54, 1.807) is 20.1 Å². The number of carbonyl (C=O) groups is 2. The number of methoxy groups -OCH3 is 1. The molecule has 0 saturated carbocycles. The van der Waals surface area contributed by atoms with Crippen LogP contribution >= 0.6 is 11.3 Å². The number of rotatable bonds is 6. The molecule has 5 nitrogen and oxygen atoms in total. The highest BCUT2D eigenvalue weighted by Crippen LogP contribution is 2.28. The maximum atomic E-state index is 12.2. The van der Waals surface area contributed by atoms with Crippen LogP contribution in [0, 0.1) is 6.92 Å². The predicted molar refractivity (Wildman–Crippen MR) is 90.3 cm³/mol. The van der Waals surface area contributed by atoms with Crippen LogP contribution in [0.2, 0.25) is 0 Å². The third-order valence-electron chi connectivity index (χ3n) is 3.18. The zero-order valence-corrected chi connectivity index (χ0v) is 14.2. The molecule has 0 spiro atoms. The summed E-state index contributed by atoms with van der Waals surface area (Å²) in [5.41, 5.74) is 1.60. The molecule has 0 aliphatic rings. The highest BCUT2D eigenvalue weighted by atomic mass is 32.1. The summed E-state index contributed by atoms with van der Waals surface area (Å²) in [6.45, 7) is 3.90. The molecule has 1 amide bonds. The van der Waals surface area contributed by atoms with E-state index in [2.05, 4.69) is 5.32 Å². The number of hydrogen-bond donors (Lipinski definition) is 1. The van der Waals surface area contributed by atoms with Crippen LogP contribution in [0.15, 0.2) is 30.3 Å². The number of aryl methyl sites for hydroxylation is 1. The summed E-state index contributed by atoms with van der Waals surface area (Å²) < 4.78 is 10.2. The van der Waals surface area contributed by atoms with E-state index in [0.717, 1.165) is 11.1 Å². The van der Waals surface area contributed by atoms with Crippen LogP contribution in [0.25, 0.3) is 0 Å². The first-order valence-electron chi connectivity index (χ1n) is 7.24. The maximum absolute atomic E-state index is 12.2. The van der Waals surface area contributed by atoms with Gasteiger partial charge in [-0.3, -0.25) is 4.79 Å². The van der Waals surface area contributed by atoms with Crippen molar-refractivity contribution in [1.29, 1.82) is 0 Å². The molecule has 1 aromatic heterocycles. The molecule has 23 heavy (non-hydrogen) atoms. The number of thiophene rings is 1. The third-order valence-corrected chi connectivity index (χ3v) is 4.32. The molecule has 2 rings (SSSR count). The van der Waals surface area contributed by atoms with E-state index in [9.17, 15) is 9.59 Å². The molecule has 0 unspecified atom stereocenters. The highest BCUT2D eigenvalue weighted by Gasteiger charge is 2.16. The van der Waals surface area contributed by atoms with Crippen LogP contribution in [-0.4, -0.2) is 25.6 Å². The molecular formula is C17H19NO4S. The minimum Gasteiger partial charge on any atom is -0.496 e. The summed E-state index contributed by atoms with van der Waals surface area (Å²) in [6.07, 6.45) is 0.204. The second-order valence-corrected chi connectivity index (χ2v) is 5.93. The summed E-state index contributed by atoms with van der Waals surface area (Å²) in [5, 5.41) is 3.45. The normalized spacial score (nSPS) is 10.2. The molecule has 0 fully saturated rings. The Morgan fingerprint density at radius 2 is 2.00 bits per heavy atom. The summed E-state index contributed by atoms with van der Waals surface area (Å²) in [6, 6.07) is 9.16. The fraction of sp³-hybridized carbons (Fsp3) is 0.294. The van der Waals surface area contributed by atoms with Crippen molar-refractivity contribution in [2.45, 2.75) is 20.3 Å². The number of ether oxygens (including phenoxy) is 2. The van der Waals surface area contributed by atoms with E-state index >= 15 is 0 Å². The monoisotopic (exact) mass is 333 g/mol. The van der Waals surface area contributed by atoms with Gasteiger partial charge in [-0.25, -0.2) is 4.79 Å². The number of amides is 1. The number of nitrogens with one attached hydrogen (secondary N) is 1. The molecule has 0 radical (unpaired) electrons. The van der Waals surface area contributed by atoms with Crippen LogP contribution in [0.5, 0.6) is 5.75 Å². The lowest BCUT2D eigenvalue weighted by Crippen LogP contribution is -2.14. The molecule has 6 heteroatoms. The van der Waals surface area contributed by atoms with Crippen LogP contribution in [0.1, 0.15) is 27.7 Å². The SMILES string of the molecule is CCOC(=O)c1sc(NC(=O)Cc2ccccc2OC)cc1C. The lowest BCUT2D eigenvalue weighted by atomic mass is 10.1. The Balaban J connectivity index is 2.06. The van der Waals surface area contributed by atoms with Gasteiger partial charge in [0.1, 0.15) is 10.6 Å². The van der Waals surface area contributed by atoms with Crippen molar-refractivity contribution in [3.8, 4) is 5.75 Å². The minimum atomic E-state index is -0.361. The van der Waals surface area contributed by atoms with Gasteiger partial charge in [-0.2, -0.15) is 0 Å². The van der Waals surface area contributed by atoms with Crippen molar-refractivity contribution < 1.29 is 19.1 Å². The van der Waals surface area contributed by atoms with E-state index in [0.29, 0.717) is 22.2 Å². The average molecular weight is 333 g/mol. The van der Waals surface area contributed by atoms with Gasteiger partial charge in [-0.05, 0) is 31.5 Å². The van der Waals surface area contributed by atoms with Gasteiger partial charge in [0.15, 0.2) is 0 Å². The number of hydrogen-bond acceptors (Lipinski definition) is 5. The lowest BCUT2D eigenvalue weighted by molar-refractivity contribution is -0.115. The number of carbonyl (C=O) groups excluding carboxylic acids is 2. The Labute approximate surface area is 139 Å². The standard InChI is InChI=1S/C17H19NO4S/c1-4-22-17(20)16-11(2)9-15(23-16)18-14(19)10-12-7-5-6-8-13(12)21-3/h5-9H,4,10H2,1-3H3,(H,18,19). The van der Waals surface area contributed by atoms with Gasteiger partial charge in [0, 0.05) is 5.56 Å². The van der Waals surface area contributed by atoms with Gasteiger partial charge in [-0.1, -0.05) is 18.2 Å². The van der Waals surface area contributed by atoms with Crippen molar-refractivity contribution in [1.82, 2.24) is 0 Å². The second kappa shape index (κ2) is 7.78. The van der Waals surface area contributed by atoms with Crippen molar-refractivity contribution in [3.63, 3.8) is 0 Å². The highest BCUT2D eigenvalue weighted by molar-refractivity contribution is 7.18. The Hall–Kier alpha value is -2.34. The number of para-hydroxylation sites is 1. The van der Waals surface area contributed by atoms with Crippen LogP contribution in [-0.2, 0) is 16.0 Å². The van der Waals surface area contributed by atoms with E-state index in [1.165, 1.54) is 11.3 Å². The number of esters is 1. The molecule has 2 aromatic rings. The molecule has 0 bridgehead atoms. The smallest absolute Gasteiger partial charge is 0.348 e. The van der Waals surface area contributed by atoms with Gasteiger partial charge in [0.2, 0.25) is 5.91 Å². The first-order valence-corrected chi connectivity index (χ1v) is 8.06. The van der Waals surface area contributed by atoms with Crippen molar-refractivity contribution in [2.24, 2.45) is 0 Å². The van der Waals surface area contributed by atoms with Crippen molar-refractivity contribution in [3.05, 3.63) is 46.3 Å². The third kappa shape index (κ3) is 4.32.